The predicted octanol–water partition coefficient (Wildman–Crippen LogP) is 0.562. The van der Waals surface area contributed by atoms with E-state index >= 15 is 0 Å². The van der Waals surface area contributed by atoms with Gasteiger partial charge in [0.25, 0.3) is 0 Å². The number of aryl methyl sites for hydroxylation is 1. The van der Waals surface area contributed by atoms with Crippen molar-refractivity contribution in [2.24, 2.45) is 7.05 Å². The number of imidazole rings is 1. The molecule has 0 bridgehead atoms. The van der Waals surface area contributed by atoms with Crippen LogP contribution in [0.1, 0.15) is 25.1 Å². The molecule has 1 saturated carbocycles. The standard InChI is InChI=1S/C12H19N3O/c1-14-7-5-13-11(14)8-12(16)4-6-15(9-12)10-2-3-10/h5,7,10,16H,2-4,6,8-9H2,1H3. The molecular formula is C12H19N3O. The van der Waals surface area contributed by atoms with E-state index in [2.05, 4.69) is 9.88 Å². The van der Waals surface area contributed by atoms with Crippen molar-refractivity contribution < 1.29 is 5.11 Å². The molecule has 1 aliphatic heterocycles. The average molecular weight is 221 g/mol. The van der Waals surface area contributed by atoms with E-state index in [0.717, 1.165) is 31.4 Å². The highest BCUT2D eigenvalue weighted by Crippen LogP contribution is 2.34. The van der Waals surface area contributed by atoms with Crippen molar-refractivity contribution in [3.05, 3.63) is 18.2 Å². The van der Waals surface area contributed by atoms with Crippen LogP contribution in [0.25, 0.3) is 0 Å². The molecule has 1 aromatic heterocycles. The van der Waals surface area contributed by atoms with Gasteiger partial charge in [0.2, 0.25) is 0 Å². The van der Waals surface area contributed by atoms with Crippen LogP contribution in [0.2, 0.25) is 0 Å². The summed E-state index contributed by atoms with van der Waals surface area (Å²) in [6.07, 6.45) is 7.94. The third-order valence-corrected chi connectivity index (χ3v) is 3.83. The molecule has 1 N–H and O–H groups in total. The molecule has 2 heterocycles. The van der Waals surface area contributed by atoms with Gasteiger partial charge in [-0.3, -0.25) is 4.90 Å². The smallest absolute Gasteiger partial charge is 0.111 e. The lowest BCUT2D eigenvalue weighted by atomic mass is 9.98. The first-order chi connectivity index (χ1) is 7.66. The van der Waals surface area contributed by atoms with Gasteiger partial charge in [0, 0.05) is 45.0 Å². The molecule has 16 heavy (non-hydrogen) atoms. The first kappa shape index (κ1) is 10.3. The van der Waals surface area contributed by atoms with E-state index in [1.54, 1.807) is 6.20 Å². The Bertz CT molecular complexity index is 385. The normalized spacial score (nSPS) is 31.1. The Hall–Kier alpha value is -0.870. The Morgan fingerprint density at radius 2 is 2.38 bits per heavy atom. The number of aromatic nitrogens is 2. The second kappa shape index (κ2) is 3.57. The molecule has 2 aliphatic rings. The summed E-state index contributed by atoms with van der Waals surface area (Å²) in [5.74, 6) is 0.986. The lowest BCUT2D eigenvalue weighted by Gasteiger charge is -2.23. The van der Waals surface area contributed by atoms with Crippen LogP contribution in [-0.4, -0.2) is 44.3 Å². The molecule has 4 heteroatoms. The maximum Gasteiger partial charge on any atom is 0.111 e. The second-order valence-electron chi connectivity index (χ2n) is 5.31. The van der Waals surface area contributed by atoms with E-state index in [9.17, 15) is 5.11 Å². The fourth-order valence-corrected chi connectivity index (χ4v) is 2.64. The molecule has 2 fully saturated rings. The summed E-state index contributed by atoms with van der Waals surface area (Å²) in [5.41, 5.74) is -0.554. The first-order valence-corrected chi connectivity index (χ1v) is 6.09. The quantitative estimate of drug-likeness (QED) is 0.811. The largest absolute Gasteiger partial charge is 0.388 e. The van der Waals surface area contributed by atoms with Crippen LogP contribution in [0.5, 0.6) is 0 Å². The summed E-state index contributed by atoms with van der Waals surface area (Å²) in [5, 5.41) is 10.5. The van der Waals surface area contributed by atoms with Crippen molar-refractivity contribution in [1.82, 2.24) is 14.5 Å². The van der Waals surface area contributed by atoms with Gasteiger partial charge < -0.3 is 9.67 Å². The Morgan fingerprint density at radius 3 is 3.00 bits per heavy atom. The Balaban J connectivity index is 1.68. The minimum Gasteiger partial charge on any atom is -0.388 e. The second-order valence-corrected chi connectivity index (χ2v) is 5.31. The van der Waals surface area contributed by atoms with Gasteiger partial charge in [0.05, 0.1) is 5.60 Å². The van der Waals surface area contributed by atoms with E-state index in [1.807, 2.05) is 17.8 Å². The van der Waals surface area contributed by atoms with Gasteiger partial charge in [-0.1, -0.05) is 0 Å². The topological polar surface area (TPSA) is 41.3 Å². The minimum absolute atomic E-state index is 0.554. The number of β-amino-alcohol motifs (C(OH)–C–C–N with tert-alkyl or cyclic N) is 1. The van der Waals surface area contributed by atoms with Crippen LogP contribution < -0.4 is 0 Å². The lowest BCUT2D eigenvalue weighted by molar-refractivity contribution is 0.0461. The Kier molecular flexibility index (Phi) is 2.30. The van der Waals surface area contributed by atoms with E-state index in [4.69, 9.17) is 0 Å². The van der Waals surface area contributed by atoms with Gasteiger partial charge in [-0.2, -0.15) is 0 Å². The van der Waals surface area contributed by atoms with Crippen LogP contribution in [0.15, 0.2) is 12.4 Å². The monoisotopic (exact) mass is 221 g/mol. The van der Waals surface area contributed by atoms with Crippen molar-refractivity contribution in [3.8, 4) is 0 Å². The summed E-state index contributed by atoms with van der Waals surface area (Å²) < 4.78 is 2.00. The maximum atomic E-state index is 10.5. The number of likely N-dealkylation sites (tertiary alicyclic amines) is 1. The summed E-state index contributed by atoms with van der Waals surface area (Å²) in [4.78, 5) is 6.73. The van der Waals surface area contributed by atoms with Gasteiger partial charge >= 0.3 is 0 Å². The molecule has 1 atom stereocenters. The molecule has 0 radical (unpaired) electrons. The van der Waals surface area contributed by atoms with Crippen LogP contribution >= 0.6 is 0 Å². The van der Waals surface area contributed by atoms with Crippen LogP contribution in [0.4, 0.5) is 0 Å². The van der Waals surface area contributed by atoms with Crippen LogP contribution in [0, 0.1) is 0 Å². The highest BCUT2D eigenvalue weighted by atomic mass is 16.3. The van der Waals surface area contributed by atoms with Crippen molar-refractivity contribution in [2.75, 3.05) is 13.1 Å². The van der Waals surface area contributed by atoms with E-state index in [-0.39, 0.29) is 0 Å². The van der Waals surface area contributed by atoms with Gasteiger partial charge in [0.15, 0.2) is 0 Å². The summed E-state index contributed by atoms with van der Waals surface area (Å²) in [6, 6.07) is 0.760. The van der Waals surface area contributed by atoms with E-state index in [0.29, 0.717) is 6.42 Å². The van der Waals surface area contributed by atoms with Gasteiger partial charge in [-0.25, -0.2) is 4.98 Å². The maximum absolute atomic E-state index is 10.5. The van der Waals surface area contributed by atoms with Gasteiger partial charge in [0.1, 0.15) is 5.82 Å². The molecule has 0 amide bonds. The summed E-state index contributed by atoms with van der Waals surface area (Å²) >= 11 is 0. The minimum atomic E-state index is -0.554. The molecule has 4 nitrogen and oxygen atoms in total. The van der Waals surface area contributed by atoms with Crippen molar-refractivity contribution in [3.63, 3.8) is 0 Å². The van der Waals surface area contributed by atoms with Crippen LogP contribution in [0.3, 0.4) is 0 Å². The number of hydrogen-bond donors (Lipinski definition) is 1. The van der Waals surface area contributed by atoms with Crippen molar-refractivity contribution in [1.29, 1.82) is 0 Å². The zero-order valence-electron chi connectivity index (χ0n) is 9.76. The van der Waals surface area contributed by atoms with Gasteiger partial charge in [-0.05, 0) is 19.3 Å². The average Bonchev–Trinajstić information content (AvgIpc) is 2.93. The molecule has 0 spiro atoms. The SMILES string of the molecule is Cn1ccnc1CC1(O)CCN(C2CC2)C1. The van der Waals surface area contributed by atoms with E-state index in [1.165, 1.54) is 12.8 Å². The number of nitrogens with zero attached hydrogens (tertiary/aromatic N) is 3. The fourth-order valence-electron chi connectivity index (χ4n) is 2.64. The predicted molar refractivity (Wildman–Crippen MR) is 61.1 cm³/mol. The Labute approximate surface area is 95.9 Å². The molecule has 3 rings (SSSR count). The van der Waals surface area contributed by atoms with E-state index < -0.39 is 5.60 Å². The lowest BCUT2D eigenvalue weighted by Crippen LogP contribution is -2.36. The summed E-state index contributed by atoms with van der Waals surface area (Å²) in [6.45, 7) is 1.87. The first-order valence-electron chi connectivity index (χ1n) is 6.09. The molecule has 0 aromatic carbocycles. The Morgan fingerprint density at radius 1 is 1.56 bits per heavy atom. The van der Waals surface area contributed by atoms with Crippen molar-refractivity contribution >= 4 is 0 Å². The number of aliphatic hydroxyl groups is 1. The molecular weight excluding hydrogens is 202 g/mol. The number of rotatable bonds is 3. The molecule has 88 valence electrons. The highest BCUT2D eigenvalue weighted by Gasteiger charge is 2.42. The zero-order valence-corrected chi connectivity index (χ0v) is 9.76. The van der Waals surface area contributed by atoms with Gasteiger partial charge in [-0.15, -0.1) is 0 Å². The zero-order chi connectivity index (χ0) is 11.2. The summed E-state index contributed by atoms with van der Waals surface area (Å²) in [7, 11) is 1.99. The number of hydrogen-bond acceptors (Lipinski definition) is 3. The third kappa shape index (κ3) is 1.87. The molecule has 1 aromatic rings. The molecule has 1 saturated heterocycles. The fraction of sp³-hybridized carbons (Fsp3) is 0.750. The highest BCUT2D eigenvalue weighted by molar-refractivity contribution is 5.04. The third-order valence-electron chi connectivity index (χ3n) is 3.83. The van der Waals surface area contributed by atoms with Crippen molar-refractivity contribution in [2.45, 2.75) is 37.3 Å². The van der Waals surface area contributed by atoms with Crippen LogP contribution in [-0.2, 0) is 13.5 Å². The molecule has 1 unspecified atom stereocenters. The molecule has 1 aliphatic carbocycles.